The van der Waals surface area contributed by atoms with Crippen LogP contribution in [0.4, 0.5) is 0 Å². The molecule has 0 aromatic rings. The molecule has 1 aliphatic rings. The Morgan fingerprint density at radius 1 is 0.667 bits per heavy atom. The lowest BCUT2D eigenvalue weighted by Gasteiger charge is -2.03. The van der Waals surface area contributed by atoms with Gasteiger partial charge in [0.15, 0.2) is 0 Å². The Morgan fingerprint density at radius 3 is 1.17 bits per heavy atom. The van der Waals surface area contributed by atoms with Crippen molar-refractivity contribution in [3.63, 3.8) is 0 Å². The van der Waals surface area contributed by atoms with Crippen LogP contribution in [0.3, 0.4) is 0 Å². The largest absolute Gasteiger partial charge is 0.0640 e. The van der Waals surface area contributed by atoms with Gasteiger partial charge in [0.1, 0.15) is 0 Å². The van der Waals surface area contributed by atoms with E-state index in [1.165, 1.54) is 19.0 Å². The van der Waals surface area contributed by atoms with Crippen molar-refractivity contribution in [2.45, 2.75) is 24.2 Å². The molecule has 6 heavy (non-hydrogen) atoms. The Bertz CT molecular complexity index is 21.0. The summed E-state index contributed by atoms with van der Waals surface area (Å²) in [6, 6.07) is 6.16. The fraction of sp³-hybridized carbons (Fsp3) is 1.00. The summed E-state index contributed by atoms with van der Waals surface area (Å²) in [6.07, 6.45) is 0. The lowest BCUT2D eigenvalue weighted by molar-refractivity contribution is 1.25. The Kier molecular flexibility index (Phi) is 1.97. The normalized spacial score (nSPS) is 24.0. The molecule has 0 bridgehead atoms. The van der Waals surface area contributed by atoms with E-state index in [4.69, 9.17) is 0 Å². The average Bonchev–Trinajstić information content (AvgIpc) is 1.72. The summed E-state index contributed by atoms with van der Waals surface area (Å²) in [7, 11) is 2.62. The zero-order chi connectivity index (χ0) is 4.24. The second-order valence-electron chi connectivity index (χ2n) is 1.50. The Balaban J connectivity index is 2.00. The zero-order valence-electron chi connectivity index (χ0n) is 3.83. The summed E-state index contributed by atoms with van der Waals surface area (Å²) in [4.78, 5) is 0. The Morgan fingerprint density at radius 2 is 1.00 bits per heavy atom. The highest BCUT2D eigenvalue weighted by molar-refractivity contribution is 6.48. The highest BCUT2D eigenvalue weighted by Gasteiger charge is 1.97. The molecule has 0 unspecified atom stereocenters. The van der Waals surface area contributed by atoms with Crippen LogP contribution in [0.15, 0.2) is 0 Å². The van der Waals surface area contributed by atoms with Gasteiger partial charge < -0.3 is 0 Å². The molecule has 0 aromatic carbocycles. The van der Waals surface area contributed by atoms with E-state index in [0.717, 1.165) is 0 Å². The molecule has 0 nitrogen and oxygen atoms in total. The van der Waals surface area contributed by atoms with Crippen LogP contribution in [0.5, 0.6) is 0 Å². The monoisotopic (exact) mass is 112 g/mol. The summed E-state index contributed by atoms with van der Waals surface area (Å²) >= 11 is 0. The van der Waals surface area contributed by atoms with Gasteiger partial charge in [0.25, 0.3) is 0 Å². The van der Waals surface area contributed by atoms with E-state index < -0.39 is 0 Å². The second-order valence-corrected chi connectivity index (χ2v) is 4.50. The Hall–Kier alpha value is 0.434. The summed E-state index contributed by atoms with van der Waals surface area (Å²) in [5.41, 5.74) is 0. The topological polar surface area (TPSA) is 0 Å². The van der Waals surface area contributed by atoms with Gasteiger partial charge in [-0.25, -0.2) is 0 Å². The maximum atomic E-state index is 1.54. The van der Waals surface area contributed by atoms with Gasteiger partial charge in [0, 0.05) is 19.0 Å². The lowest BCUT2D eigenvalue weighted by Crippen LogP contribution is -2.01. The number of hydrogen-bond acceptors (Lipinski definition) is 0. The van der Waals surface area contributed by atoms with Crippen LogP contribution in [0.1, 0.15) is 0 Å². The van der Waals surface area contributed by atoms with Crippen molar-refractivity contribution in [2.75, 3.05) is 0 Å². The fourth-order valence-electron chi connectivity index (χ4n) is 0.604. The Labute approximate surface area is 44.0 Å². The first-order valence-electron chi connectivity index (χ1n) is 2.41. The third-order valence-electron chi connectivity index (χ3n) is 0.957. The molecule has 2 heteroatoms. The molecule has 0 aromatic heterocycles. The molecular formula is C4H8Si2. The minimum Gasteiger partial charge on any atom is -0.0640 e. The van der Waals surface area contributed by atoms with Gasteiger partial charge in [-0.3, -0.25) is 0 Å². The van der Waals surface area contributed by atoms with Crippen LogP contribution in [0.2, 0.25) is 24.2 Å². The first-order valence-corrected chi connectivity index (χ1v) is 5.24. The minimum atomic E-state index is 1.31. The van der Waals surface area contributed by atoms with E-state index in [2.05, 4.69) is 0 Å². The maximum absolute atomic E-state index is 1.54. The van der Waals surface area contributed by atoms with Gasteiger partial charge >= 0.3 is 0 Å². The summed E-state index contributed by atoms with van der Waals surface area (Å²) in [5, 5.41) is 0. The molecule has 1 aliphatic heterocycles. The standard InChI is InChI=1S/C4H8Si2/c1-2-6-4-3-5-1/h1-4H2. The minimum absolute atomic E-state index is 1.31. The molecule has 32 valence electrons. The fourth-order valence-corrected chi connectivity index (χ4v) is 3.93. The third kappa shape index (κ3) is 1.26. The van der Waals surface area contributed by atoms with Gasteiger partial charge in [0.2, 0.25) is 0 Å². The van der Waals surface area contributed by atoms with Crippen LogP contribution >= 0.6 is 0 Å². The van der Waals surface area contributed by atoms with Crippen molar-refractivity contribution in [1.82, 2.24) is 0 Å². The second kappa shape index (κ2) is 2.58. The van der Waals surface area contributed by atoms with Crippen molar-refractivity contribution in [3.05, 3.63) is 0 Å². The van der Waals surface area contributed by atoms with Crippen LogP contribution in [0.25, 0.3) is 0 Å². The van der Waals surface area contributed by atoms with Crippen molar-refractivity contribution >= 4 is 19.0 Å². The lowest BCUT2D eigenvalue weighted by atomic mass is 10.9. The first kappa shape index (κ1) is 4.59. The predicted octanol–water partition coefficient (Wildman–Crippen LogP) is 1.08. The molecule has 4 radical (unpaired) electrons. The van der Waals surface area contributed by atoms with Crippen molar-refractivity contribution in [1.29, 1.82) is 0 Å². The van der Waals surface area contributed by atoms with Crippen LogP contribution in [0, 0.1) is 0 Å². The molecule has 1 fully saturated rings. The molecule has 0 N–H and O–H groups in total. The summed E-state index contributed by atoms with van der Waals surface area (Å²) in [5.74, 6) is 0. The molecule has 0 atom stereocenters. The van der Waals surface area contributed by atoms with Crippen LogP contribution < -0.4 is 0 Å². The van der Waals surface area contributed by atoms with Crippen LogP contribution in [-0.4, -0.2) is 19.0 Å². The van der Waals surface area contributed by atoms with E-state index in [9.17, 15) is 0 Å². The quantitative estimate of drug-likeness (QED) is 0.411. The molecule has 1 saturated heterocycles. The van der Waals surface area contributed by atoms with Gasteiger partial charge in [0.05, 0.1) is 0 Å². The smallest absolute Gasteiger partial charge is 0.0371 e. The van der Waals surface area contributed by atoms with Gasteiger partial charge in [-0.1, -0.05) is 24.2 Å². The van der Waals surface area contributed by atoms with Crippen molar-refractivity contribution in [2.24, 2.45) is 0 Å². The van der Waals surface area contributed by atoms with Crippen LogP contribution in [-0.2, 0) is 0 Å². The van der Waals surface area contributed by atoms with Gasteiger partial charge in [-0.15, -0.1) is 0 Å². The first-order chi connectivity index (χ1) is 3.00. The highest BCUT2D eigenvalue weighted by Crippen LogP contribution is 2.04. The summed E-state index contributed by atoms with van der Waals surface area (Å²) in [6.45, 7) is 0. The SMILES string of the molecule is C1C[Si]CC[Si]1. The van der Waals surface area contributed by atoms with E-state index >= 15 is 0 Å². The summed E-state index contributed by atoms with van der Waals surface area (Å²) < 4.78 is 0. The average molecular weight is 112 g/mol. The van der Waals surface area contributed by atoms with Crippen molar-refractivity contribution in [3.8, 4) is 0 Å². The molecule has 1 rings (SSSR count). The van der Waals surface area contributed by atoms with Gasteiger partial charge in [-0.05, 0) is 0 Å². The van der Waals surface area contributed by atoms with E-state index in [1.807, 2.05) is 0 Å². The van der Waals surface area contributed by atoms with Gasteiger partial charge in [-0.2, -0.15) is 0 Å². The number of rotatable bonds is 0. The third-order valence-corrected chi connectivity index (χ3v) is 4.37. The van der Waals surface area contributed by atoms with E-state index in [1.54, 1.807) is 24.2 Å². The van der Waals surface area contributed by atoms with E-state index in [-0.39, 0.29) is 0 Å². The number of hydrogen-bond donors (Lipinski definition) is 0. The van der Waals surface area contributed by atoms with E-state index in [0.29, 0.717) is 0 Å². The maximum Gasteiger partial charge on any atom is 0.0371 e. The molecule has 0 spiro atoms. The highest BCUT2D eigenvalue weighted by atomic mass is 28.2. The molecule has 0 amide bonds. The molecule has 0 aliphatic carbocycles. The van der Waals surface area contributed by atoms with Crippen molar-refractivity contribution < 1.29 is 0 Å². The zero-order valence-corrected chi connectivity index (χ0v) is 5.83. The molecular weight excluding hydrogens is 104 g/mol. The molecule has 1 heterocycles. The predicted molar refractivity (Wildman–Crippen MR) is 30.7 cm³/mol. The molecule has 0 saturated carbocycles.